The number of anilines is 3. The molecule has 26 heavy (non-hydrogen) atoms. The summed E-state index contributed by atoms with van der Waals surface area (Å²) in [5.74, 6) is -0.196. The minimum Gasteiger partial charge on any atom is -0.338 e. The second kappa shape index (κ2) is 6.92. The predicted molar refractivity (Wildman–Crippen MR) is 98.2 cm³/mol. The van der Waals surface area contributed by atoms with Gasteiger partial charge in [0.2, 0.25) is 0 Å². The van der Waals surface area contributed by atoms with Gasteiger partial charge in [-0.2, -0.15) is 0 Å². The van der Waals surface area contributed by atoms with E-state index in [0.717, 1.165) is 24.1 Å². The van der Waals surface area contributed by atoms with E-state index in [4.69, 9.17) is 0 Å². The first-order valence-electron chi connectivity index (χ1n) is 8.46. The van der Waals surface area contributed by atoms with Gasteiger partial charge >= 0.3 is 0 Å². The zero-order valence-electron chi connectivity index (χ0n) is 14.0. The lowest BCUT2D eigenvalue weighted by Crippen LogP contribution is -2.36. The third-order valence-electron chi connectivity index (χ3n) is 4.38. The molecular weight excluding hydrogens is 331 g/mol. The number of hydrogen-bond acceptors (Lipinski definition) is 4. The summed E-state index contributed by atoms with van der Waals surface area (Å²) in [5.41, 5.74) is 2.65. The van der Waals surface area contributed by atoms with Crippen molar-refractivity contribution in [3.05, 3.63) is 78.0 Å². The molecule has 0 radical (unpaired) electrons. The normalized spacial score (nSPS) is 13.2. The Bertz CT molecular complexity index is 960. The molecule has 2 aromatic carbocycles. The van der Waals surface area contributed by atoms with Crippen LogP contribution in [0.2, 0.25) is 0 Å². The standard InChI is InChI=1S/C20H17FN4O/c21-15-8-2-3-9-16(15)24-19-12-17(22-13-23-19)20(26)25-11-5-7-14-6-1-4-10-18(14)25/h1-4,6,8-10,12-13H,5,7,11H2,(H,22,23,24). The zero-order chi connectivity index (χ0) is 17.9. The smallest absolute Gasteiger partial charge is 0.277 e. The molecule has 1 aromatic heterocycles. The summed E-state index contributed by atoms with van der Waals surface area (Å²) in [4.78, 5) is 22.9. The van der Waals surface area contributed by atoms with Crippen molar-refractivity contribution in [3.8, 4) is 0 Å². The molecular formula is C20H17FN4O. The van der Waals surface area contributed by atoms with Crippen LogP contribution >= 0.6 is 0 Å². The number of benzene rings is 2. The Kier molecular flexibility index (Phi) is 4.31. The maximum atomic E-state index is 13.8. The Morgan fingerprint density at radius 3 is 2.77 bits per heavy atom. The zero-order valence-corrected chi connectivity index (χ0v) is 14.0. The van der Waals surface area contributed by atoms with E-state index >= 15 is 0 Å². The maximum Gasteiger partial charge on any atom is 0.277 e. The van der Waals surface area contributed by atoms with Crippen LogP contribution in [0, 0.1) is 5.82 Å². The largest absolute Gasteiger partial charge is 0.338 e. The summed E-state index contributed by atoms with van der Waals surface area (Å²) in [5, 5.41) is 2.89. The van der Waals surface area contributed by atoms with E-state index in [0.29, 0.717) is 18.1 Å². The number of aryl methyl sites for hydroxylation is 1. The van der Waals surface area contributed by atoms with Crippen LogP contribution in [0.5, 0.6) is 0 Å². The van der Waals surface area contributed by atoms with Crippen LogP contribution in [0.15, 0.2) is 60.9 Å². The molecule has 4 rings (SSSR count). The first-order valence-corrected chi connectivity index (χ1v) is 8.46. The highest BCUT2D eigenvalue weighted by atomic mass is 19.1. The molecule has 0 spiro atoms. The van der Waals surface area contributed by atoms with Gasteiger partial charge in [0.1, 0.15) is 23.7 Å². The van der Waals surface area contributed by atoms with Gasteiger partial charge < -0.3 is 10.2 Å². The Morgan fingerprint density at radius 2 is 1.88 bits per heavy atom. The molecule has 6 heteroatoms. The van der Waals surface area contributed by atoms with Crippen molar-refractivity contribution in [2.75, 3.05) is 16.8 Å². The number of aromatic nitrogens is 2. The van der Waals surface area contributed by atoms with Gasteiger partial charge in [-0.15, -0.1) is 0 Å². The molecule has 2 heterocycles. The summed E-state index contributed by atoms with van der Waals surface area (Å²) in [6, 6.07) is 15.8. The number of nitrogens with zero attached hydrogens (tertiary/aromatic N) is 3. The molecule has 0 atom stereocenters. The number of hydrogen-bond donors (Lipinski definition) is 1. The number of fused-ring (bicyclic) bond motifs is 1. The SMILES string of the molecule is O=C(c1cc(Nc2ccccc2F)ncn1)N1CCCc2ccccc21. The van der Waals surface area contributed by atoms with Gasteiger partial charge in [-0.05, 0) is 36.6 Å². The summed E-state index contributed by atoms with van der Waals surface area (Å²) < 4.78 is 13.8. The van der Waals surface area contributed by atoms with E-state index in [1.807, 2.05) is 24.3 Å². The minimum atomic E-state index is -0.385. The number of halogens is 1. The average molecular weight is 348 g/mol. The van der Waals surface area contributed by atoms with Crippen molar-refractivity contribution in [1.82, 2.24) is 9.97 Å². The van der Waals surface area contributed by atoms with Crippen molar-refractivity contribution in [2.24, 2.45) is 0 Å². The third-order valence-corrected chi connectivity index (χ3v) is 4.38. The van der Waals surface area contributed by atoms with Crippen molar-refractivity contribution in [3.63, 3.8) is 0 Å². The highest BCUT2D eigenvalue weighted by molar-refractivity contribution is 6.05. The second-order valence-corrected chi connectivity index (χ2v) is 6.08. The van der Waals surface area contributed by atoms with E-state index in [1.165, 1.54) is 12.4 Å². The summed E-state index contributed by atoms with van der Waals surface area (Å²) >= 11 is 0. The van der Waals surface area contributed by atoms with Crippen LogP contribution in [-0.2, 0) is 6.42 Å². The topological polar surface area (TPSA) is 58.1 Å². The van der Waals surface area contributed by atoms with Crippen LogP contribution in [0.1, 0.15) is 22.5 Å². The lowest BCUT2D eigenvalue weighted by atomic mass is 10.0. The van der Waals surface area contributed by atoms with Crippen molar-refractivity contribution >= 4 is 23.1 Å². The number of carbonyl (C=O) groups is 1. The third kappa shape index (κ3) is 3.13. The number of nitrogens with one attached hydrogen (secondary N) is 1. The molecule has 3 aromatic rings. The number of carbonyl (C=O) groups excluding carboxylic acids is 1. The quantitative estimate of drug-likeness (QED) is 0.779. The molecule has 0 fully saturated rings. The molecule has 0 saturated heterocycles. The molecule has 0 bridgehead atoms. The number of rotatable bonds is 3. The van der Waals surface area contributed by atoms with Crippen LogP contribution in [0.4, 0.5) is 21.6 Å². The Morgan fingerprint density at radius 1 is 1.08 bits per heavy atom. The van der Waals surface area contributed by atoms with Gasteiger partial charge in [0.25, 0.3) is 5.91 Å². The maximum absolute atomic E-state index is 13.8. The number of para-hydroxylation sites is 2. The fraction of sp³-hybridized carbons (Fsp3) is 0.150. The van der Waals surface area contributed by atoms with Gasteiger partial charge in [0.05, 0.1) is 5.69 Å². The van der Waals surface area contributed by atoms with Crippen molar-refractivity contribution in [2.45, 2.75) is 12.8 Å². The molecule has 1 amide bonds. The second-order valence-electron chi connectivity index (χ2n) is 6.08. The fourth-order valence-electron chi connectivity index (χ4n) is 3.13. The van der Waals surface area contributed by atoms with Gasteiger partial charge in [0, 0.05) is 18.3 Å². The molecule has 0 unspecified atom stereocenters. The lowest BCUT2D eigenvalue weighted by molar-refractivity contribution is 0.0980. The Balaban J connectivity index is 1.61. The minimum absolute atomic E-state index is 0.184. The average Bonchev–Trinajstić information content (AvgIpc) is 2.69. The summed E-state index contributed by atoms with van der Waals surface area (Å²) in [6.07, 6.45) is 3.18. The van der Waals surface area contributed by atoms with E-state index in [2.05, 4.69) is 15.3 Å². The van der Waals surface area contributed by atoms with Crippen molar-refractivity contribution in [1.29, 1.82) is 0 Å². The molecule has 130 valence electrons. The fourth-order valence-corrected chi connectivity index (χ4v) is 3.13. The molecule has 1 N–H and O–H groups in total. The molecule has 1 aliphatic rings. The predicted octanol–water partition coefficient (Wildman–Crippen LogP) is 3.95. The van der Waals surface area contributed by atoms with E-state index < -0.39 is 0 Å². The van der Waals surface area contributed by atoms with Crippen molar-refractivity contribution < 1.29 is 9.18 Å². The van der Waals surface area contributed by atoms with E-state index in [-0.39, 0.29) is 17.4 Å². The monoisotopic (exact) mass is 348 g/mol. The molecule has 5 nitrogen and oxygen atoms in total. The van der Waals surface area contributed by atoms with E-state index in [9.17, 15) is 9.18 Å². The lowest BCUT2D eigenvalue weighted by Gasteiger charge is -2.29. The highest BCUT2D eigenvalue weighted by Gasteiger charge is 2.24. The summed E-state index contributed by atoms with van der Waals surface area (Å²) in [6.45, 7) is 0.649. The van der Waals surface area contributed by atoms with Gasteiger partial charge in [-0.3, -0.25) is 4.79 Å². The van der Waals surface area contributed by atoms with Crippen LogP contribution in [0.25, 0.3) is 0 Å². The number of amides is 1. The summed E-state index contributed by atoms with van der Waals surface area (Å²) in [7, 11) is 0. The van der Waals surface area contributed by atoms with Crippen LogP contribution in [-0.4, -0.2) is 22.4 Å². The Labute approximate surface area is 150 Å². The van der Waals surface area contributed by atoms with Gasteiger partial charge in [-0.25, -0.2) is 14.4 Å². The first-order chi connectivity index (χ1) is 12.7. The van der Waals surface area contributed by atoms with E-state index in [1.54, 1.807) is 29.2 Å². The molecule has 1 aliphatic heterocycles. The highest BCUT2D eigenvalue weighted by Crippen LogP contribution is 2.28. The Hall–Kier alpha value is -3.28. The van der Waals surface area contributed by atoms with Gasteiger partial charge in [-0.1, -0.05) is 30.3 Å². The van der Waals surface area contributed by atoms with Gasteiger partial charge in [0.15, 0.2) is 0 Å². The molecule has 0 aliphatic carbocycles. The molecule has 0 saturated carbocycles. The van der Waals surface area contributed by atoms with Crippen LogP contribution < -0.4 is 10.2 Å². The first kappa shape index (κ1) is 16.2. The van der Waals surface area contributed by atoms with Crippen LogP contribution in [0.3, 0.4) is 0 Å².